The maximum atomic E-state index is 12.6. The highest BCUT2D eigenvalue weighted by atomic mass is 16.5. The summed E-state index contributed by atoms with van der Waals surface area (Å²) in [6, 6.07) is 18.2. The van der Waals surface area contributed by atoms with E-state index in [-0.39, 0.29) is 11.1 Å². The van der Waals surface area contributed by atoms with Crippen molar-refractivity contribution in [1.29, 1.82) is 0 Å². The number of aliphatic imine (C=N–C) groups is 1. The van der Waals surface area contributed by atoms with Crippen molar-refractivity contribution in [3.63, 3.8) is 0 Å². The zero-order valence-corrected chi connectivity index (χ0v) is 16.8. The van der Waals surface area contributed by atoms with Crippen molar-refractivity contribution >= 4 is 11.4 Å². The van der Waals surface area contributed by atoms with Crippen LogP contribution in [0.2, 0.25) is 0 Å². The molecule has 4 aromatic rings. The van der Waals surface area contributed by atoms with E-state index < -0.39 is 0 Å². The number of nitrogens with two attached hydrogens (primary N) is 1. The van der Waals surface area contributed by atoms with Crippen LogP contribution < -0.4 is 15.9 Å². The second-order valence-electron chi connectivity index (χ2n) is 6.47. The summed E-state index contributed by atoms with van der Waals surface area (Å²) in [4.78, 5) is 17.1. The third-order valence-corrected chi connectivity index (χ3v) is 4.49. The highest BCUT2D eigenvalue weighted by Crippen LogP contribution is 2.25. The van der Waals surface area contributed by atoms with Gasteiger partial charge in [0.25, 0.3) is 0 Å². The minimum atomic E-state index is -0.267. The predicted molar refractivity (Wildman–Crippen MR) is 119 cm³/mol. The SMILES string of the molecule is COc1cc(-n2cccn2)ccc1-n1ccc(=O)c(C(C=CN)=Nc2ccccc2)n1. The Hall–Kier alpha value is -4.46. The van der Waals surface area contributed by atoms with Gasteiger partial charge in [-0.05, 0) is 42.6 Å². The summed E-state index contributed by atoms with van der Waals surface area (Å²) in [5.41, 5.74) is 8.06. The molecule has 0 amide bonds. The van der Waals surface area contributed by atoms with Crippen molar-refractivity contribution in [2.45, 2.75) is 0 Å². The van der Waals surface area contributed by atoms with Crippen molar-refractivity contribution in [3.05, 3.63) is 107 Å². The van der Waals surface area contributed by atoms with Gasteiger partial charge in [0.05, 0.1) is 24.2 Å². The molecule has 0 saturated heterocycles. The lowest BCUT2D eigenvalue weighted by molar-refractivity contribution is 0.411. The Morgan fingerprint density at radius 1 is 1.06 bits per heavy atom. The molecule has 8 heteroatoms. The molecule has 2 N–H and O–H groups in total. The number of ether oxygens (including phenoxy) is 1. The van der Waals surface area contributed by atoms with Gasteiger partial charge in [0, 0.05) is 30.7 Å². The average molecular weight is 412 g/mol. The summed E-state index contributed by atoms with van der Waals surface area (Å²) in [6.45, 7) is 0. The van der Waals surface area contributed by atoms with E-state index in [4.69, 9.17) is 10.5 Å². The molecule has 2 heterocycles. The fourth-order valence-electron chi connectivity index (χ4n) is 3.04. The first kappa shape index (κ1) is 19.8. The van der Waals surface area contributed by atoms with Crippen LogP contribution in [0.5, 0.6) is 5.75 Å². The van der Waals surface area contributed by atoms with E-state index >= 15 is 0 Å². The average Bonchev–Trinajstić information content (AvgIpc) is 3.35. The Morgan fingerprint density at radius 3 is 2.61 bits per heavy atom. The van der Waals surface area contributed by atoms with Crippen LogP contribution in [-0.2, 0) is 0 Å². The molecule has 0 atom stereocenters. The van der Waals surface area contributed by atoms with Crippen LogP contribution in [-0.4, -0.2) is 32.4 Å². The van der Waals surface area contributed by atoms with Gasteiger partial charge in [-0.3, -0.25) is 4.79 Å². The summed E-state index contributed by atoms with van der Waals surface area (Å²) in [6.07, 6.45) is 8.02. The molecule has 0 aliphatic rings. The Labute approximate surface area is 178 Å². The summed E-state index contributed by atoms with van der Waals surface area (Å²) < 4.78 is 8.87. The van der Waals surface area contributed by atoms with E-state index in [9.17, 15) is 4.79 Å². The van der Waals surface area contributed by atoms with Gasteiger partial charge in [-0.2, -0.15) is 10.2 Å². The first-order valence-electron chi connectivity index (χ1n) is 9.50. The molecule has 0 aliphatic heterocycles. The third-order valence-electron chi connectivity index (χ3n) is 4.49. The molecule has 31 heavy (non-hydrogen) atoms. The fraction of sp³-hybridized carbons (Fsp3) is 0.0435. The molecule has 0 bridgehead atoms. The smallest absolute Gasteiger partial charge is 0.209 e. The van der Waals surface area contributed by atoms with Crippen molar-refractivity contribution in [2.75, 3.05) is 7.11 Å². The number of para-hydroxylation sites is 1. The number of allylic oxidation sites excluding steroid dienone is 1. The fourth-order valence-corrected chi connectivity index (χ4v) is 3.04. The molecular formula is C23H20N6O2. The Balaban J connectivity index is 1.81. The number of methoxy groups -OCH3 is 1. The minimum Gasteiger partial charge on any atom is -0.494 e. The molecule has 8 nitrogen and oxygen atoms in total. The van der Waals surface area contributed by atoms with E-state index in [1.807, 2.05) is 60.8 Å². The highest BCUT2D eigenvalue weighted by molar-refractivity contribution is 6.08. The normalized spacial score (nSPS) is 11.7. The van der Waals surface area contributed by atoms with Crippen LogP contribution in [0.15, 0.2) is 101 Å². The molecule has 4 rings (SSSR count). The lowest BCUT2D eigenvalue weighted by Crippen LogP contribution is -2.20. The zero-order valence-electron chi connectivity index (χ0n) is 16.8. The molecule has 0 radical (unpaired) electrons. The molecule has 0 saturated carbocycles. The lowest BCUT2D eigenvalue weighted by Gasteiger charge is -2.13. The van der Waals surface area contributed by atoms with E-state index in [1.165, 1.54) is 12.3 Å². The van der Waals surface area contributed by atoms with Crippen LogP contribution in [0.4, 0.5) is 5.69 Å². The van der Waals surface area contributed by atoms with E-state index in [0.29, 0.717) is 22.8 Å². The van der Waals surface area contributed by atoms with E-state index in [1.54, 1.807) is 34.9 Å². The number of aromatic nitrogens is 4. The molecule has 2 aromatic carbocycles. The van der Waals surface area contributed by atoms with Gasteiger partial charge >= 0.3 is 0 Å². The van der Waals surface area contributed by atoms with Gasteiger partial charge in [-0.25, -0.2) is 14.4 Å². The van der Waals surface area contributed by atoms with Gasteiger partial charge in [0.15, 0.2) is 5.69 Å². The lowest BCUT2D eigenvalue weighted by atomic mass is 10.2. The van der Waals surface area contributed by atoms with E-state index in [2.05, 4.69) is 15.2 Å². The molecule has 2 aromatic heterocycles. The van der Waals surface area contributed by atoms with Gasteiger partial charge < -0.3 is 10.5 Å². The third kappa shape index (κ3) is 4.27. The second-order valence-corrected chi connectivity index (χ2v) is 6.47. The van der Waals surface area contributed by atoms with Crippen molar-refractivity contribution < 1.29 is 4.74 Å². The number of hydrogen-bond donors (Lipinski definition) is 1. The van der Waals surface area contributed by atoms with Crippen molar-refractivity contribution in [3.8, 4) is 17.1 Å². The van der Waals surface area contributed by atoms with Crippen LogP contribution >= 0.6 is 0 Å². The van der Waals surface area contributed by atoms with Gasteiger partial charge in [0.1, 0.15) is 11.4 Å². The maximum absolute atomic E-state index is 12.6. The molecule has 0 fully saturated rings. The molecule has 0 spiro atoms. The summed E-state index contributed by atoms with van der Waals surface area (Å²) in [7, 11) is 1.58. The molecular weight excluding hydrogens is 392 g/mol. The summed E-state index contributed by atoms with van der Waals surface area (Å²) in [5, 5.41) is 8.76. The highest BCUT2D eigenvalue weighted by Gasteiger charge is 2.13. The number of benzene rings is 2. The Bertz CT molecular complexity index is 1290. The molecule has 0 aliphatic carbocycles. The summed E-state index contributed by atoms with van der Waals surface area (Å²) in [5.74, 6) is 0.575. The van der Waals surface area contributed by atoms with Gasteiger partial charge in [-0.15, -0.1) is 0 Å². The zero-order chi connectivity index (χ0) is 21.6. The predicted octanol–water partition coefficient (Wildman–Crippen LogP) is 3.02. The monoisotopic (exact) mass is 412 g/mol. The first-order valence-corrected chi connectivity index (χ1v) is 9.50. The molecule has 0 unspecified atom stereocenters. The maximum Gasteiger partial charge on any atom is 0.209 e. The second kappa shape index (κ2) is 8.91. The topological polar surface area (TPSA) is 100 Å². The standard InChI is InChI=1S/C23H20N6O2/c1-31-22-16-18(28-14-5-13-25-28)8-9-20(22)29-15-11-21(30)23(27-29)19(10-12-24)26-17-6-3-2-4-7-17/h2-16H,24H2,1H3. The Morgan fingerprint density at radius 2 is 1.90 bits per heavy atom. The minimum absolute atomic E-state index is 0.172. The van der Waals surface area contributed by atoms with Crippen LogP contribution in [0.1, 0.15) is 5.69 Å². The first-order chi connectivity index (χ1) is 15.2. The number of rotatable bonds is 6. The van der Waals surface area contributed by atoms with Crippen molar-refractivity contribution in [1.82, 2.24) is 19.6 Å². The number of nitrogens with zero attached hydrogens (tertiary/aromatic N) is 5. The summed E-state index contributed by atoms with van der Waals surface area (Å²) >= 11 is 0. The van der Waals surface area contributed by atoms with Crippen LogP contribution in [0.3, 0.4) is 0 Å². The van der Waals surface area contributed by atoms with Crippen LogP contribution in [0.25, 0.3) is 11.4 Å². The quantitative estimate of drug-likeness (QED) is 0.491. The Kier molecular flexibility index (Phi) is 5.70. The van der Waals surface area contributed by atoms with E-state index in [0.717, 1.165) is 5.69 Å². The van der Waals surface area contributed by atoms with Crippen LogP contribution in [0, 0.1) is 0 Å². The number of hydrogen-bond acceptors (Lipinski definition) is 6. The largest absolute Gasteiger partial charge is 0.494 e. The van der Waals surface area contributed by atoms with Gasteiger partial charge in [-0.1, -0.05) is 18.2 Å². The van der Waals surface area contributed by atoms with Gasteiger partial charge in [0.2, 0.25) is 5.43 Å². The molecule has 154 valence electrons. The van der Waals surface area contributed by atoms with Crippen molar-refractivity contribution in [2.24, 2.45) is 10.7 Å².